The van der Waals surface area contributed by atoms with Gasteiger partial charge in [-0.1, -0.05) is 37.3 Å². The molecule has 0 bridgehead atoms. The van der Waals surface area contributed by atoms with Crippen LogP contribution in [0.2, 0.25) is 0 Å². The van der Waals surface area contributed by atoms with Crippen LogP contribution < -0.4 is 0 Å². The number of Topliss-reactive ketones (excluding diaryl/α,β-unsaturated/α-hetero) is 1. The molecule has 114 valence electrons. The van der Waals surface area contributed by atoms with Gasteiger partial charge in [0.2, 0.25) is 0 Å². The van der Waals surface area contributed by atoms with E-state index >= 15 is 0 Å². The topological polar surface area (TPSA) is 23.6 Å². The van der Waals surface area contributed by atoms with Crippen molar-refractivity contribution in [2.75, 3.05) is 32.7 Å². The fraction of sp³-hybridized carbons (Fsp3) is 0.611. The van der Waals surface area contributed by atoms with Gasteiger partial charge in [0.05, 0.1) is 0 Å². The first kappa shape index (κ1) is 14.7. The molecule has 2 fully saturated rings. The van der Waals surface area contributed by atoms with E-state index < -0.39 is 0 Å². The van der Waals surface area contributed by atoms with Crippen molar-refractivity contribution in [2.45, 2.75) is 32.2 Å². The average molecular weight is 286 g/mol. The summed E-state index contributed by atoms with van der Waals surface area (Å²) in [6.07, 6.45) is 3.91. The molecule has 0 N–H and O–H groups in total. The Balaban J connectivity index is 1.59. The van der Waals surface area contributed by atoms with Gasteiger partial charge in [-0.25, -0.2) is 0 Å². The van der Waals surface area contributed by atoms with Crippen molar-refractivity contribution in [2.24, 2.45) is 5.92 Å². The Morgan fingerprint density at radius 2 is 1.95 bits per heavy atom. The highest BCUT2D eigenvalue weighted by molar-refractivity contribution is 5.97. The van der Waals surface area contributed by atoms with Crippen molar-refractivity contribution >= 4 is 5.78 Å². The molecule has 0 amide bonds. The average Bonchev–Trinajstić information content (AvgIpc) is 2.86. The summed E-state index contributed by atoms with van der Waals surface area (Å²) in [5.41, 5.74) is 0.849. The van der Waals surface area contributed by atoms with E-state index in [-0.39, 0.29) is 11.7 Å². The van der Waals surface area contributed by atoms with E-state index in [9.17, 15) is 4.79 Å². The minimum Gasteiger partial charge on any atom is -0.301 e. The maximum absolute atomic E-state index is 12.5. The maximum Gasteiger partial charge on any atom is 0.166 e. The second kappa shape index (κ2) is 6.71. The zero-order valence-corrected chi connectivity index (χ0v) is 13.0. The van der Waals surface area contributed by atoms with Crippen molar-refractivity contribution in [3.8, 4) is 0 Å². The number of benzene rings is 1. The lowest BCUT2D eigenvalue weighted by atomic mass is 9.98. The lowest BCUT2D eigenvalue weighted by molar-refractivity contribution is 0.0889. The zero-order chi connectivity index (χ0) is 14.7. The van der Waals surface area contributed by atoms with Gasteiger partial charge in [-0.3, -0.25) is 9.69 Å². The van der Waals surface area contributed by atoms with Crippen LogP contribution in [0, 0.1) is 5.92 Å². The first-order valence-electron chi connectivity index (χ1n) is 8.29. The Hall–Kier alpha value is -1.19. The lowest BCUT2D eigenvalue weighted by Crippen LogP contribution is -2.39. The molecule has 3 heteroatoms. The molecule has 2 aliphatic heterocycles. The summed E-state index contributed by atoms with van der Waals surface area (Å²) < 4.78 is 0. The number of rotatable bonds is 4. The minimum atomic E-state index is 0.0837. The van der Waals surface area contributed by atoms with Gasteiger partial charge in [0, 0.05) is 30.6 Å². The summed E-state index contributed by atoms with van der Waals surface area (Å²) in [6, 6.07) is 10.4. The van der Waals surface area contributed by atoms with E-state index in [1.165, 1.54) is 32.4 Å². The van der Waals surface area contributed by atoms with E-state index in [4.69, 9.17) is 0 Å². The van der Waals surface area contributed by atoms with Crippen LogP contribution in [0.25, 0.3) is 0 Å². The molecule has 1 aromatic carbocycles. The van der Waals surface area contributed by atoms with E-state index in [2.05, 4.69) is 16.7 Å². The van der Waals surface area contributed by atoms with Gasteiger partial charge in [0.25, 0.3) is 0 Å². The second-order valence-electron chi connectivity index (χ2n) is 6.58. The number of nitrogens with zero attached hydrogens (tertiary/aromatic N) is 2. The highest BCUT2D eigenvalue weighted by atomic mass is 16.1. The highest BCUT2D eigenvalue weighted by Crippen LogP contribution is 2.22. The minimum absolute atomic E-state index is 0.0837. The van der Waals surface area contributed by atoms with Crippen LogP contribution in [0.5, 0.6) is 0 Å². The summed E-state index contributed by atoms with van der Waals surface area (Å²) in [6.45, 7) is 7.77. The van der Waals surface area contributed by atoms with Crippen LogP contribution in [0.15, 0.2) is 30.3 Å². The number of carbonyl (C=O) groups excluding carboxylic acids is 1. The molecule has 2 saturated heterocycles. The van der Waals surface area contributed by atoms with Crippen molar-refractivity contribution < 1.29 is 4.79 Å². The van der Waals surface area contributed by atoms with Gasteiger partial charge in [0.1, 0.15) is 0 Å². The molecule has 1 aromatic rings. The van der Waals surface area contributed by atoms with Gasteiger partial charge in [-0.15, -0.1) is 0 Å². The second-order valence-corrected chi connectivity index (χ2v) is 6.58. The van der Waals surface area contributed by atoms with Gasteiger partial charge in [-0.05, 0) is 38.9 Å². The van der Waals surface area contributed by atoms with Crippen LogP contribution in [-0.2, 0) is 0 Å². The molecule has 2 atom stereocenters. The van der Waals surface area contributed by atoms with E-state index in [1.807, 2.05) is 30.3 Å². The third kappa shape index (κ3) is 3.53. The molecule has 21 heavy (non-hydrogen) atoms. The normalized spacial score (nSPS) is 25.3. The number of hydrogen-bond donors (Lipinski definition) is 0. The Morgan fingerprint density at radius 1 is 1.19 bits per heavy atom. The van der Waals surface area contributed by atoms with Crippen molar-refractivity contribution in [1.82, 2.24) is 9.80 Å². The van der Waals surface area contributed by atoms with E-state index in [1.54, 1.807) is 0 Å². The molecule has 0 saturated carbocycles. The van der Waals surface area contributed by atoms with Gasteiger partial charge in [-0.2, -0.15) is 0 Å². The predicted octanol–water partition coefficient (Wildman–Crippen LogP) is 2.68. The van der Waals surface area contributed by atoms with Crippen molar-refractivity contribution in [1.29, 1.82) is 0 Å². The molecule has 0 aliphatic carbocycles. The predicted molar refractivity (Wildman–Crippen MR) is 85.6 cm³/mol. The van der Waals surface area contributed by atoms with Gasteiger partial charge in [0.15, 0.2) is 5.78 Å². The fourth-order valence-corrected chi connectivity index (χ4v) is 3.81. The largest absolute Gasteiger partial charge is 0.301 e. The van der Waals surface area contributed by atoms with Crippen LogP contribution in [0.1, 0.15) is 36.5 Å². The third-order valence-corrected chi connectivity index (χ3v) is 4.93. The Labute approximate surface area is 127 Å². The van der Waals surface area contributed by atoms with Crippen LogP contribution >= 0.6 is 0 Å². The molecule has 0 aromatic heterocycles. The number of fused-ring (bicyclic) bond motifs is 1. The molecular weight excluding hydrogens is 260 g/mol. The molecule has 0 spiro atoms. The molecule has 3 nitrogen and oxygen atoms in total. The molecule has 2 unspecified atom stereocenters. The Bertz CT molecular complexity index is 473. The van der Waals surface area contributed by atoms with E-state index in [0.29, 0.717) is 0 Å². The number of carbonyl (C=O) groups is 1. The van der Waals surface area contributed by atoms with Gasteiger partial charge < -0.3 is 4.90 Å². The highest BCUT2D eigenvalue weighted by Gasteiger charge is 2.29. The van der Waals surface area contributed by atoms with Gasteiger partial charge >= 0.3 is 0 Å². The standard InChI is InChI=1S/C18H26N2O/c1-15(18(21)16-7-3-2-4-8-16)13-19-10-6-12-20-11-5-9-17(20)14-19/h2-4,7-8,15,17H,5-6,9-14H2,1H3. The summed E-state index contributed by atoms with van der Waals surface area (Å²) in [4.78, 5) is 17.7. The first-order valence-corrected chi connectivity index (χ1v) is 8.29. The summed E-state index contributed by atoms with van der Waals surface area (Å²) in [5, 5.41) is 0. The summed E-state index contributed by atoms with van der Waals surface area (Å²) in [5.74, 6) is 0.364. The molecule has 2 heterocycles. The fourth-order valence-electron chi connectivity index (χ4n) is 3.81. The summed E-state index contributed by atoms with van der Waals surface area (Å²) in [7, 11) is 0. The van der Waals surface area contributed by atoms with Crippen molar-refractivity contribution in [3.05, 3.63) is 35.9 Å². The molecule has 2 aliphatic rings. The Kier molecular flexibility index (Phi) is 4.71. The lowest BCUT2D eigenvalue weighted by Gasteiger charge is -2.27. The third-order valence-electron chi connectivity index (χ3n) is 4.93. The molecular formula is C18H26N2O. The smallest absolute Gasteiger partial charge is 0.166 e. The SMILES string of the molecule is CC(CN1CCCN2CCCC2C1)C(=O)c1ccccc1. The quantitative estimate of drug-likeness (QED) is 0.795. The monoisotopic (exact) mass is 286 g/mol. The first-order chi connectivity index (χ1) is 10.2. The van der Waals surface area contributed by atoms with Crippen molar-refractivity contribution in [3.63, 3.8) is 0 Å². The number of hydrogen-bond acceptors (Lipinski definition) is 3. The number of ketones is 1. The maximum atomic E-state index is 12.5. The zero-order valence-electron chi connectivity index (χ0n) is 13.0. The van der Waals surface area contributed by atoms with E-state index in [0.717, 1.165) is 31.2 Å². The van der Waals surface area contributed by atoms with Crippen LogP contribution in [0.4, 0.5) is 0 Å². The molecule has 3 rings (SSSR count). The van der Waals surface area contributed by atoms with Crippen LogP contribution in [0.3, 0.4) is 0 Å². The Morgan fingerprint density at radius 3 is 2.76 bits per heavy atom. The molecule has 0 radical (unpaired) electrons. The summed E-state index contributed by atoms with van der Waals surface area (Å²) >= 11 is 0. The van der Waals surface area contributed by atoms with Crippen LogP contribution in [-0.4, -0.2) is 54.3 Å².